The predicted octanol–water partition coefficient (Wildman–Crippen LogP) is 5.11. The number of carbonyl (C=O) groups excluding carboxylic acids is 1. The molecule has 0 aliphatic carbocycles. The summed E-state index contributed by atoms with van der Waals surface area (Å²) < 4.78 is 6.06. The fraction of sp³-hybridized carbons (Fsp3) is 0.400. The molecular weight excluding hydrogens is 362 g/mol. The first kappa shape index (κ1) is 19.7. The number of likely N-dealkylation sites (tertiary alicyclic amines) is 1. The molecule has 0 radical (unpaired) electrons. The van der Waals surface area contributed by atoms with Gasteiger partial charge in [0.1, 0.15) is 11.5 Å². The molecule has 1 saturated heterocycles. The van der Waals surface area contributed by atoms with Crippen molar-refractivity contribution in [1.29, 1.82) is 0 Å². The molecule has 1 N–H and O–H groups in total. The van der Waals surface area contributed by atoms with E-state index in [0.29, 0.717) is 23.6 Å². The average Bonchev–Trinajstić information content (AvgIpc) is 3.03. The van der Waals surface area contributed by atoms with Gasteiger partial charge in [0.2, 0.25) is 5.78 Å². The predicted molar refractivity (Wildman–Crippen MR) is 115 cm³/mol. The third kappa shape index (κ3) is 3.95. The molecule has 2 aliphatic heterocycles. The van der Waals surface area contributed by atoms with Crippen LogP contribution in [0.5, 0.6) is 11.5 Å². The van der Waals surface area contributed by atoms with E-state index in [1.54, 1.807) is 12.1 Å². The minimum absolute atomic E-state index is 0.106. The molecule has 29 heavy (non-hydrogen) atoms. The molecule has 0 bridgehead atoms. The van der Waals surface area contributed by atoms with Crippen molar-refractivity contribution in [1.82, 2.24) is 4.90 Å². The second kappa shape index (κ2) is 8.03. The Kier molecular flexibility index (Phi) is 5.46. The Labute approximate surface area is 172 Å². The van der Waals surface area contributed by atoms with Gasteiger partial charge in [0.05, 0.1) is 11.1 Å². The van der Waals surface area contributed by atoms with Crippen molar-refractivity contribution < 1.29 is 14.6 Å². The van der Waals surface area contributed by atoms with E-state index in [-0.39, 0.29) is 11.5 Å². The molecule has 0 atom stereocenters. The maximum absolute atomic E-state index is 13.1. The minimum atomic E-state index is -0.106. The average molecular weight is 392 g/mol. The maximum atomic E-state index is 13.1. The molecule has 2 aromatic rings. The number of aromatic hydroxyl groups is 1. The van der Waals surface area contributed by atoms with Gasteiger partial charge in [-0.3, -0.25) is 9.69 Å². The lowest BCUT2D eigenvalue weighted by molar-refractivity contribution is 0.101. The number of phenolic OH excluding ortho intramolecular Hbond substituents is 1. The van der Waals surface area contributed by atoms with Crippen LogP contribution in [-0.2, 0) is 13.0 Å². The topological polar surface area (TPSA) is 49.8 Å². The van der Waals surface area contributed by atoms with Crippen LogP contribution in [0.4, 0.5) is 0 Å². The molecule has 0 spiro atoms. The quantitative estimate of drug-likeness (QED) is 0.736. The summed E-state index contributed by atoms with van der Waals surface area (Å²) >= 11 is 0. The number of benzene rings is 2. The van der Waals surface area contributed by atoms with Gasteiger partial charge in [-0.25, -0.2) is 0 Å². The van der Waals surface area contributed by atoms with Crippen molar-refractivity contribution in [2.75, 3.05) is 13.1 Å². The van der Waals surface area contributed by atoms with Crippen molar-refractivity contribution in [2.45, 2.75) is 46.6 Å². The number of rotatable bonds is 4. The Balaban J connectivity index is 1.64. The van der Waals surface area contributed by atoms with E-state index < -0.39 is 0 Å². The smallest absolute Gasteiger partial charge is 0.232 e. The number of fused-ring (bicyclic) bond motifs is 1. The van der Waals surface area contributed by atoms with Crippen molar-refractivity contribution in [3.63, 3.8) is 0 Å². The van der Waals surface area contributed by atoms with Crippen LogP contribution in [0.3, 0.4) is 0 Å². The number of phenols is 1. The molecule has 1 fully saturated rings. The van der Waals surface area contributed by atoms with E-state index in [0.717, 1.165) is 55.0 Å². The fourth-order valence-corrected chi connectivity index (χ4v) is 4.18. The lowest BCUT2D eigenvalue weighted by atomic mass is 9.96. The number of Topliss-reactive ketones (excluding diaryl/α,β-unsaturated/α-hetero) is 1. The summed E-state index contributed by atoms with van der Waals surface area (Å²) in [6.07, 6.45) is 5.10. The molecule has 0 amide bonds. The molecule has 2 heterocycles. The number of nitrogens with zero attached hydrogens (tertiary/aromatic N) is 1. The van der Waals surface area contributed by atoms with Crippen LogP contribution in [0.1, 0.15) is 59.3 Å². The number of hydrogen-bond acceptors (Lipinski definition) is 4. The SMILES string of the molecule is CCc1ccc(/C=C2\Oc3c(CN4CCC(C)CC4)c(O)cc(C)c3C2=O)cc1. The van der Waals surface area contributed by atoms with Gasteiger partial charge in [-0.05, 0) is 74.0 Å². The third-order valence-electron chi connectivity index (χ3n) is 6.16. The van der Waals surface area contributed by atoms with Gasteiger partial charge in [-0.1, -0.05) is 38.1 Å². The van der Waals surface area contributed by atoms with E-state index in [2.05, 4.69) is 30.9 Å². The first-order chi connectivity index (χ1) is 14.0. The van der Waals surface area contributed by atoms with Gasteiger partial charge in [0, 0.05) is 6.54 Å². The zero-order valence-corrected chi connectivity index (χ0v) is 17.5. The molecule has 4 rings (SSSR count). The van der Waals surface area contributed by atoms with E-state index in [1.807, 2.05) is 19.1 Å². The summed E-state index contributed by atoms with van der Waals surface area (Å²) in [7, 11) is 0. The minimum Gasteiger partial charge on any atom is -0.507 e. The molecule has 0 unspecified atom stereocenters. The van der Waals surface area contributed by atoms with Crippen molar-refractivity contribution in [3.05, 3.63) is 63.9 Å². The van der Waals surface area contributed by atoms with E-state index >= 15 is 0 Å². The van der Waals surface area contributed by atoms with Crippen LogP contribution in [0, 0.1) is 12.8 Å². The Morgan fingerprint density at radius 3 is 2.55 bits per heavy atom. The zero-order chi connectivity index (χ0) is 20.5. The van der Waals surface area contributed by atoms with Crippen molar-refractivity contribution >= 4 is 11.9 Å². The first-order valence-electron chi connectivity index (χ1n) is 10.6. The number of hydrogen-bond donors (Lipinski definition) is 1. The Bertz CT molecular complexity index is 951. The highest BCUT2D eigenvalue weighted by Crippen LogP contribution is 2.42. The van der Waals surface area contributed by atoms with Gasteiger partial charge >= 0.3 is 0 Å². The molecular formula is C25H29NO3. The van der Waals surface area contributed by atoms with E-state index in [4.69, 9.17) is 4.74 Å². The van der Waals surface area contributed by atoms with Crippen molar-refractivity contribution in [2.24, 2.45) is 5.92 Å². The molecule has 4 heteroatoms. The summed E-state index contributed by atoms with van der Waals surface area (Å²) in [5.74, 6) is 1.70. The molecule has 4 nitrogen and oxygen atoms in total. The summed E-state index contributed by atoms with van der Waals surface area (Å²) in [5.41, 5.74) is 4.25. The van der Waals surface area contributed by atoms with E-state index in [1.165, 1.54) is 5.56 Å². The molecule has 0 aromatic heterocycles. The zero-order valence-electron chi connectivity index (χ0n) is 17.5. The Morgan fingerprint density at radius 2 is 1.90 bits per heavy atom. The van der Waals surface area contributed by atoms with Gasteiger partial charge in [0.15, 0.2) is 5.76 Å². The second-order valence-corrected chi connectivity index (χ2v) is 8.39. The number of carbonyl (C=O) groups is 1. The number of allylic oxidation sites excluding steroid dienone is 1. The molecule has 2 aromatic carbocycles. The van der Waals surface area contributed by atoms with E-state index in [9.17, 15) is 9.90 Å². The highest BCUT2D eigenvalue weighted by Gasteiger charge is 2.34. The number of ether oxygens (including phenoxy) is 1. The Hall–Kier alpha value is -2.59. The summed E-state index contributed by atoms with van der Waals surface area (Å²) in [5, 5.41) is 10.6. The Morgan fingerprint density at radius 1 is 1.21 bits per heavy atom. The first-order valence-corrected chi connectivity index (χ1v) is 10.6. The lowest BCUT2D eigenvalue weighted by Gasteiger charge is -2.30. The maximum Gasteiger partial charge on any atom is 0.232 e. The standard InChI is InChI=1S/C25H29NO3/c1-4-18-5-7-19(8-6-18)14-22-24(28)23-17(3)13-21(27)20(25(23)29-22)15-26-11-9-16(2)10-12-26/h5-8,13-14,16,27H,4,9-12,15H2,1-3H3/b22-14-. The number of aryl methyl sites for hydroxylation is 2. The largest absolute Gasteiger partial charge is 0.507 e. The fourth-order valence-electron chi connectivity index (χ4n) is 4.18. The molecule has 2 aliphatic rings. The van der Waals surface area contributed by atoms with Crippen LogP contribution < -0.4 is 4.74 Å². The lowest BCUT2D eigenvalue weighted by Crippen LogP contribution is -2.32. The van der Waals surface area contributed by atoms with Crippen LogP contribution in [0.2, 0.25) is 0 Å². The highest BCUT2D eigenvalue weighted by atomic mass is 16.5. The summed E-state index contributed by atoms with van der Waals surface area (Å²) in [4.78, 5) is 15.4. The van der Waals surface area contributed by atoms with Crippen LogP contribution in [-0.4, -0.2) is 28.9 Å². The monoisotopic (exact) mass is 391 g/mol. The van der Waals surface area contributed by atoms with Crippen LogP contribution in [0.15, 0.2) is 36.1 Å². The van der Waals surface area contributed by atoms with Gasteiger partial charge in [-0.2, -0.15) is 0 Å². The molecule has 0 saturated carbocycles. The van der Waals surface area contributed by atoms with Crippen LogP contribution in [0.25, 0.3) is 6.08 Å². The number of piperidine rings is 1. The molecule has 152 valence electrons. The van der Waals surface area contributed by atoms with Gasteiger partial charge in [-0.15, -0.1) is 0 Å². The highest BCUT2D eigenvalue weighted by molar-refractivity contribution is 6.15. The normalized spacial score (nSPS) is 18.9. The summed E-state index contributed by atoms with van der Waals surface area (Å²) in [6, 6.07) is 9.84. The van der Waals surface area contributed by atoms with Gasteiger partial charge in [0.25, 0.3) is 0 Å². The van der Waals surface area contributed by atoms with Crippen molar-refractivity contribution in [3.8, 4) is 11.5 Å². The van der Waals surface area contributed by atoms with Crippen LogP contribution >= 0.6 is 0 Å². The second-order valence-electron chi connectivity index (χ2n) is 8.39. The summed E-state index contributed by atoms with van der Waals surface area (Å²) in [6.45, 7) is 8.86. The number of ketones is 1. The van der Waals surface area contributed by atoms with Gasteiger partial charge < -0.3 is 9.84 Å². The third-order valence-corrected chi connectivity index (χ3v) is 6.16.